The summed E-state index contributed by atoms with van der Waals surface area (Å²) in [5.74, 6) is 0. The van der Waals surface area contributed by atoms with E-state index in [1.165, 1.54) is 18.4 Å². The van der Waals surface area contributed by atoms with Crippen molar-refractivity contribution in [2.75, 3.05) is 13.1 Å². The molecule has 0 saturated heterocycles. The van der Waals surface area contributed by atoms with Crippen molar-refractivity contribution in [3.8, 4) is 0 Å². The third-order valence-corrected chi connectivity index (χ3v) is 6.53. The van der Waals surface area contributed by atoms with Gasteiger partial charge in [0.15, 0.2) is 0 Å². The summed E-state index contributed by atoms with van der Waals surface area (Å²) < 4.78 is 47.4. The van der Waals surface area contributed by atoms with Gasteiger partial charge in [0, 0.05) is 10.8 Å². The quantitative estimate of drug-likeness (QED) is 0.167. The number of rotatable bonds is 8. The van der Waals surface area contributed by atoms with Gasteiger partial charge in [-0.25, -0.2) is 0 Å². The minimum Gasteiger partial charge on any atom is -0.464 e. The fraction of sp³-hybridized carbons (Fsp3) is 0.385. The van der Waals surface area contributed by atoms with E-state index < -0.39 is 34.3 Å². The van der Waals surface area contributed by atoms with E-state index in [1.54, 1.807) is 37.5 Å². The first-order valence-electron chi connectivity index (χ1n) is 11.8. The van der Waals surface area contributed by atoms with Gasteiger partial charge in [0.2, 0.25) is 3.79 Å². The molecule has 2 aromatic heterocycles. The number of furan rings is 2. The molecule has 0 bridgehead atoms. The van der Waals surface area contributed by atoms with Gasteiger partial charge in [-0.15, -0.1) is 0 Å². The van der Waals surface area contributed by atoms with Crippen LogP contribution >= 0.6 is 34.8 Å². The van der Waals surface area contributed by atoms with Crippen molar-refractivity contribution in [2.45, 2.75) is 48.1 Å². The zero-order chi connectivity index (χ0) is 28.1. The molecule has 4 atom stereocenters. The predicted molar refractivity (Wildman–Crippen MR) is 144 cm³/mol. The van der Waals surface area contributed by atoms with E-state index in [9.17, 15) is 23.4 Å². The molecule has 4 rings (SSSR count). The van der Waals surface area contributed by atoms with Crippen molar-refractivity contribution < 1.29 is 32.2 Å². The highest BCUT2D eigenvalue weighted by Gasteiger charge is 2.44. The number of nitrogens with one attached hydrogen (secondary N) is 2. The average molecular weight is 596 g/mol. The normalized spacial score (nSPS) is 15.6. The standard InChI is InChI=1S/C13H14Cl3NO2.C13H14F3NO2/c2*1-2-17-12(13(14,15)16)11(18)9-4-3-8-5-6-19-10(8)7-9/h2*3-7,11-12,17-18H,2H2,1H3. The van der Waals surface area contributed by atoms with E-state index in [-0.39, 0.29) is 12.1 Å². The van der Waals surface area contributed by atoms with Crippen LogP contribution < -0.4 is 10.6 Å². The molecule has 4 unspecified atom stereocenters. The van der Waals surface area contributed by atoms with Crippen LogP contribution in [0.2, 0.25) is 0 Å². The predicted octanol–water partition coefficient (Wildman–Crippen LogP) is 6.82. The molecule has 2 aromatic carbocycles. The monoisotopic (exact) mass is 594 g/mol. The summed E-state index contributed by atoms with van der Waals surface area (Å²) in [7, 11) is 0. The molecule has 0 saturated carbocycles. The van der Waals surface area contributed by atoms with E-state index in [2.05, 4.69) is 10.6 Å². The lowest BCUT2D eigenvalue weighted by Gasteiger charge is -2.29. The molecule has 0 fully saturated rings. The van der Waals surface area contributed by atoms with Crippen molar-refractivity contribution in [1.82, 2.24) is 10.6 Å². The molecule has 4 N–H and O–H groups in total. The number of aliphatic hydroxyl groups is 2. The molecule has 38 heavy (non-hydrogen) atoms. The van der Waals surface area contributed by atoms with E-state index in [4.69, 9.17) is 43.6 Å². The van der Waals surface area contributed by atoms with Gasteiger partial charge in [0.05, 0.1) is 24.7 Å². The van der Waals surface area contributed by atoms with Crippen LogP contribution in [0.1, 0.15) is 37.2 Å². The van der Waals surface area contributed by atoms with E-state index >= 15 is 0 Å². The van der Waals surface area contributed by atoms with Gasteiger partial charge in [0.1, 0.15) is 23.3 Å². The first-order chi connectivity index (χ1) is 17.9. The van der Waals surface area contributed by atoms with Crippen molar-refractivity contribution in [3.63, 3.8) is 0 Å². The maximum atomic E-state index is 12.9. The highest BCUT2D eigenvalue weighted by Crippen LogP contribution is 2.37. The largest absolute Gasteiger partial charge is 0.464 e. The Bertz CT molecular complexity index is 1210. The Balaban J connectivity index is 0.000000211. The second kappa shape index (κ2) is 12.9. The summed E-state index contributed by atoms with van der Waals surface area (Å²) >= 11 is 17.7. The number of benzene rings is 2. The van der Waals surface area contributed by atoms with Crippen LogP contribution in [0.4, 0.5) is 13.2 Å². The summed E-state index contributed by atoms with van der Waals surface area (Å²) in [4.78, 5) is 0. The van der Waals surface area contributed by atoms with Gasteiger partial charge < -0.3 is 29.7 Å². The molecular weight excluding hydrogens is 568 g/mol. The van der Waals surface area contributed by atoms with E-state index in [1.807, 2.05) is 19.1 Å². The minimum atomic E-state index is -4.52. The number of aliphatic hydroxyl groups excluding tert-OH is 2. The number of fused-ring (bicyclic) bond motifs is 2. The molecule has 12 heteroatoms. The lowest BCUT2D eigenvalue weighted by Crippen LogP contribution is -2.46. The van der Waals surface area contributed by atoms with Crippen molar-refractivity contribution in [1.29, 1.82) is 0 Å². The first kappa shape index (κ1) is 30.6. The Hall–Kier alpha value is -1.98. The van der Waals surface area contributed by atoms with E-state index in [0.717, 1.165) is 10.8 Å². The van der Waals surface area contributed by atoms with Gasteiger partial charge in [-0.05, 0) is 48.5 Å². The SMILES string of the molecule is CCNC(C(O)c1ccc2ccoc2c1)C(Cl)(Cl)Cl.CCNC(C(O)c1ccc2ccoc2c1)C(F)(F)F. The zero-order valence-corrected chi connectivity index (χ0v) is 22.7. The highest BCUT2D eigenvalue weighted by molar-refractivity contribution is 6.68. The van der Waals surface area contributed by atoms with Crippen LogP contribution in [-0.4, -0.2) is 45.4 Å². The number of alkyl halides is 6. The molecule has 0 aliphatic rings. The van der Waals surface area contributed by atoms with Crippen LogP contribution in [0, 0.1) is 0 Å². The number of hydrogen-bond donors (Lipinski definition) is 4. The molecule has 0 aliphatic carbocycles. The summed E-state index contributed by atoms with van der Waals surface area (Å²) in [5.41, 5.74) is 1.95. The molecular formula is C26H28Cl3F3N2O4. The fourth-order valence-electron chi connectivity index (χ4n) is 3.95. The average Bonchev–Trinajstić information content (AvgIpc) is 3.52. The molecule has 0 radical (unpaired) electrons. The van der Waals surface area contributed by atoms with Gasteiger partial charge in [-0.1, -0.05) is 72.9 Å². The molecule has 0 aliphatic heterocycles. The Morgan fingerprint density at radius 3 is 1.55 bits per heavy atom. The van der Waals surface area contributed by atoms with Crippen molar-refractivity contribution in [3.05, 3.63) is 72.2 Å². The molecule has 6 nitrogen and oxygen atoms in total. The Morgan fingerprint density at radius 2 is 1.16 bits per heavy atom. The third-order valence-electron chi connectivity index (χ3n) is 5.83. The van der Waals surface area contributed by atoms with Crippen LogP contribution in [-0.2, 0) is 0 Å². The lowest BCUT2D eigenvalue weighted by atomic mass is 10.0. The van der Waals surface area contributed by atoms with Gasteiger partial charge in [-0.3, -0.25) is 0 Å². The maximum Gasteiger partial charge on any atom is 0.406 e. The third kappa shape index (κ3) is 7.57. The van der Waals surface area contributed by atoms with Crippen molar-refractivity contribution in [2.24, 2.45) is 0 Å². The number of halogens is 6. The van der Waals surface area contributed by atoms with Crippen LogP contribution in [0.15, 0.2) is 69.9 Å². The topological polar surface area (TPSA) is 90.8 Å². The summed E-state index contributed by atoms with van der Waals surface area (Å²) in [6.45, 7) is 4.13. The maximum absolute atomic E-state index is 12.9. The van der Waals surface area contributed by atoms with Gasteiger partial charge in [-0.2, -0.15) is 13.2 Å². The van der Waals surface area contributed by atoms with Gasteiger partial charge in [0.25, 0.3) is 0 Å². The minimum absolute atomic E-state index is 0.115. The van der Waals surface area contributed by atoms with Crippen LogP contribution in [0.5, 0.6) is 0 Å². The molecule has 0 spiro atoms. The molecule has 4 aromatic rings. The fourth-order valence-corrected chi connectivity index (χ4v) is 4.54. The Labute approximate surface area is 232 Å². The lowest BCUT2D eigenvalue weighted by molar-refractivity contribution is -0.178. The van der Waals surface area contributed by atoms with Crippen LogP contribution in [0.25, 0.3) is 21.9 Å². The summed E-state index contributed by atoms with van der Waals surface area (Å²) in [5, 5.41) is 27.3. The zero-order valence-electron chi connectivity index (χ0n) is 20.5. The first-order valence-corrected chi connectivity index (χ1v) is 12.9. The Kier molecular flexibility index (Phi) is 10.4. The summed E-state index contributed by atoms with van der Waals surface area (Å²) in [6.07, 6.45) is -4.09. The smallest absolute Gasteiger partial charge is 0.406 e. The summed E-state index contributed by atoms with van der Waals surface area (Å²) in [6, 6.07) is 10.8. The highest BCUT2D eigenvalue weighted by atomic mass is 35.6. The second-order valence-electron chi connectivity index (χ2n) is 8.48. The number of likely N-dealkylation sites (N-methyl/N-ethyl adjacent to an activating group) is 2. The van der Waals surface area contributed by atoms with Crippen molar-refractivity contribution >= 4 is 56.7 Å². The molecule has 0 amide bonds. The number of hydrogen-bond acceptors (Lipinski definition) is 6. The Morgan fingerprint density at radius 1 is 0.737 bits per heavy atom. The van der Waals surface area contributed by atoms with Gasteiger partial charge >= 0.3 is 6.18 Å². The van der Waals surface area contributed by atoms with Crippen LogP contribution in [0.3, 0.4) is 0 Å². The molecule has 208 valence electrons. The second-order valence-corrected chi connectivity index (χ2v) is 10.8. The van der Waals surface area contributed by atoms with E-state index in [0.29, 0.717) is 23.3 Å². The molecule has 2 heterocycles.